The molecule has 1 fully saturated rings. The quantitative estimate of drug-likeness (QED) is 0.600. The molecule has 2 amide bonds. The molecule has 5 nitrogen and oxygen atoms in total. The maximum atomic E-state index is 12.2. The number of amides is 2. The van der Waals surface area contributed by atoms with Crippen molar-refractivity contribution < 1.29 is 14.4 Å². The zero-order chi connectivity index (χ0) is 21.0. The minimum Gasteiger partial charge on any atom is -0.326 e. The number of benzene rings is 1. The van der Waals surface area contributed by atoms with Crippen molar-refractivity contribution in [3.63, 3.8) is 0 Å². The molecule has 152 valence electrons. The van der Waals surface area contributed by atoms with Crippen molar-refractivity contribution in [1.82, 2.24) is 5.32 Å². The number of nitrogens with two attached hydrogens (primary N) is 1. The third-order valence-electron chi connectivity index (χ3n) is 4.69. The first-order valence-electron chi connectivity index (χ1n) is 10.0. The third kappa shape index (κ3) is 7.63. The lowest BCUT2D eigenvalue weighted by Crippen LogP contribution is -2.39. The Morgan fingerprint density at radius 3 is 2.33 bits per heavy atom. The van der Waals surface area contributed by atoms with Crippen molar-refractivity contribution in [2.75, 3.05) is 0 Å². The van der Waals surface area contributed by atoms with Crippen molar-refractivity contribution in [3.05, 3.63) is 34.9 Å². The van der Waals surface area contributed by atoms with Crippen molar-refractivity contribution in [3.8, 4) is 0 Å². The van der Waals surface area contributed by atoms with Gasteiger partial charge in [-0.1, -0.05) is 59.7 Å². The van der Waals surface area contributed by atoms with Gasteiger partial charge in [-0.2, -0.15) is 0 Å². The number of Topliss-reactive ketones (excluding diaryl/α,β-unsaturated/α-hetero) is 1. The van der Waals surface area contributed by atoms with Gasteiger partial charge in [0.15, 0.2) is 5.78 Å². The van der Waals surface area contributed by atoms with E-state index in [1.807, 2.05) is 52.8 Å². The van der Waals surface area contributed by atoms with E-state index >= 15 is 0 Å². The minimum absolute atomic E-state index is 0.0164. The number of carbonyl (C=O) groups excluding carboxylic acids is 3. The smallest absolute Gasteiger partial charge is 0.229 e. The Labute approximate surface area is 164 Å². The predicted octanol–water partition coefficient (Wildman–Crippen LogP) is 4.02. The number of hydrogen-bond donors (Lipinski definition) is 2. The molecule has 3 N–H and O–H groups in total. The lowest BCUT2D eigenvalue weighted by Gasteiger charge is -2.15. The van der Waals surface area contributed by atoms with E-state index in [4.69, 9.17) is 5.73 Å². The van der Waals surface area contributed by atoms with Crippen LogP contribution in [0.3, 0.4) is 0 Å². The van der Waals surface area contributed by atoms with Crippen molar-refractivity contribution >= 4 is 17.6 Å². The molecule has 27 heavy (non-hydrogen) atoms. The molecule has 0 spiro atoms. The molecular weight excluding hydrogens is 340 g/mol. The van der Waals surface area contributed by atoms with Crippen LogP contribution >= 0.6 is 0 Å². The highest BCUT2D eigenvalue weighted by atomic mass is 16.2. The fraction of sp³-hybridized carbons (Fsp3) is 0.591. The summed E-state index contributed by atoms with van der Waals surface area (Å²) in [5, 5.41) is 2.25. The molecule has 0 aromatic heterocycles. The predicted molar refractivity (Wildman–Crippen MR) is 110 cm³/mol. The van der Waals surface area contributed by atoms with Gasteiger partial charge in [0.1, 0.15) is 0 Å². The first kappa shape index (κ1) is 25.0. The summed E-state index contributed by atoms with van der Waals surface area (Å²) < 4.78 is 0. The number of rotatable bonds is 5. The average Bonchev–Trinajstić information content (AvgIpc) is 2.71. The molecular formula is C22H36N2O3. The van der Waals surface area contributed by atoms with Gasteiger partial charge < -0.3 is 5.73 Å². The summed E-state index contributed by atoms with van der Waals surface area (Å²) in [5.41, 5.74) is 8.77. The Hall–Kier alpha value is -2.01. The Bertz CT molecular complexity index is 626. The van der Waals surface area contributed by atoms with Crippen LogP contribution in [0, 0.1) is 11.8 Å². The molecule has 1 aromatic rings. The first-order chi connectivity index (χ1) is 12.8. The van der Waals surface area contributed by atoms with Crippen LogP contribution < -0.4 is 11.1 Å². The molecule has 0 radical (unpaired) electrons. The van der Waals surface area contributed by atoms with Gasteiger partial charge in [-0.3, -0.25) is 19.7 Å². The number of imide groups is 1. The van der Waals surface area contributed by atoms with Crippen LogP contribution in [0.5, 0.6) is 0 Å². The van der Waals surface area contributed by atoms with Crippen LogP contribution in [0.15, 0.2) is 18.2 Å². The van der Waals surface area contributed by atoms with E-state index in [1.54, 1.807) is 0 Å². The third-order valence-corrected chi connectivity index (χ3v) is 4.69. The highest BCUT2D eigenvalue weighted by molar-refractivity contribution is 5.99. The summed E-state index contributed by atoms with van der Waals surface area (Å²) >= 11 is 0. The van der Waals surface area contributed by atoms with E-state index in [-0.39, 0.29) is 29.4 Å². The van der Waals surface area contributed by atoms with Crippen LogP contribution in [-0.2, 0) is 22.6 Å². The van der Waals surface area contributed by atoms with E-state index in [9.17, 15) is 14.4 Å². The van der Waals surface area contributed by atoms with E-state index < -0.39 is 0 Å². The van der Waals surface area contributed by atoms with Crippen LogP contribution in [0.2, 0.25) is 0 Å². The molecule has 0 aliphatic carbocycles. The van der Waals surface area contributed by atoms with Gasteiger partial charge in [-0.25, -0.2) is 0 Å². The SMILES string of the molecule is CC.CC1CCC(=O)NC1=O.CCc1c(CN)cccc1C(=O)[C@H](C)CC. The fourth-order valence-electron chi connectivity index (χ4n) is 2.73. The van der Waals surface area contributed by atoms with E-state index in [1.165, 1.54) is 0 Å². The van der Waals surface area contributed by atoms with Crippen LogP contribution in [0.4, 0.5) is 0 Å². The number of ketones is 1. The van der Waals surface area contributed by atoms with Crippen molar-refractivity contribution in [1.29, 1.82) is 0 Å². The van der Waals surface area contributed by atoms with Crippen LogP contribution in [0.1, 0.15) is 82.3 Å². The molecule has 1 saturated heterocycles. The van der Waals surface area contributed by atoms with E-state index in [2.05, 4.69) is 12.2 Å². The summed E-state index contributed by atoms with van der Waals surface area (Å²) in [6.45, 7) is 12.4. The Balaban J connectivity index is 0.000000519. The molecule has 1 aromatic carbocycles. The molecule has 2 rings (SSSR count). The zero-order valence-electron chi connectivity index (χ0n) is 17.7. The molecule has 1 aliphatic heterocycles. The second kappa shape index (κ2) is 13.2. The fourth-order valence-corrected chi connectivity index (χ4v) is 2.73. The number of nitrogens with one attached hydrogen (secondary N) is 1. The van der Waals surface area contributed by atoms with Crippen molar-refractivity contribution in [2.24, 2.45) is 17.6 Å². The highest BCUT2D eigenvalue weighted by Gasteiger charge is 2.21. The Kier molecular flexibility index (Phi) is 12.2. The summed E-state index contributed by atoms with van der Waals surface area (Å²) in [4.78, 5) is 33.3. The van der Waals surface area contributed by atoms with Gasteiger partial charge in [0.05, 0.1) is 0 Å². The molecule has 0 bridgehead atoms. The van der Waals surface area contributed by atoms with Crippen LogP contribution in [-0.4, -0.2) is 17.6 Å². The summed E-state index contributed by atoms with van der Waals surface area (Å²) in [5.74, 6) is 0.0834. The zero-order valence-corrected chi connectivity index (χ0v) is 17.7. The summed E-state index contributed by atoms with van der Waals surface area (Å²) in [7, 11) is 0. The average molecular weight is 377 g/mol. The highest BCUT2D eigenvalue weighted by Crippen LogP contribution is 2.20. The lowest BCUT2D eigenvalue weighted by atomic mass is 9.90. The molecule has 1 unspecified atom stereocenters. The van der Waals surface area contributed by atoms with Gasteiger partial charge in [0.25, 0.3) is 0 Å². The maximum absolute atomic E-state index is 12.2. The van der Waals surface area contributed by atoms with Gasteiger partial charge in [-0.05, 0) is 30.4 Å². The second-order valence-electron chi connectivity index (χ2n) is 6.53. The number of carbonyl (C=O) groups is 3. The molecule has 1 aliphatic rings. The normalized spacial score (nSPS) is 16.9. The molecule has 2 atom stereocenters. The number of piperidine rings is 1. The summed E-state index contributed by atoms with van der Waals surface area (Å²) in [6.07, 6.45) is 2.94. The molecule has 5 heteroatoms. The number of hydrogen-bond acceptors (Lipinski definition) is 4. The van der Waals surface area contributed by atoms with Gasteiger partial charge >= 0.3 is 0 Å². The van der Waals surface area contributed by atoms with Crippen LogP contribution in [0.25, 0.3) is 0 Å². The largest absolute Gasteiger partial charge is 0.326 e. The summed E-state index contributed by atoms with van der Waals surface area (Å²) in [6, 6.07) is 5.86. The van der Waals surface area contributed by atoms with E-state index in [0.717, 1.165) is 29.5 Å². The lowest BCUT2D eigenvalue weighted by molar-refractivity contribution is -0.135. The topological polar surface area (TPSA) is 89.3 Å². The van der Waals surface area contributed by atoms with Gasteiger partial charge in [0, 0.05) is 30.4 Å². The second-order valence-corrected chi connectivity index (χ2v) is 6.53. The van der Waals surface area contributed by atoms with E-state index in [0.29, 0.717) is 19.4 Å². The standard InChI is InChI=1S/C14H21NO.C6H9NO2.C2H6/c1-4-10(3)14(16)13-8-6-7-11(9-15)12(13)5-2;1-4-2-3-5(8)7-6(4)9;1-2/h6-8,10H,4-5,9,15H2,1-3H3;4H,2-3H2,1H3,(H,7,8,9);1-2H3/t10-;;/m1../s1. The van der Waals surface area contributed by atoms with Gasteiger partial charge in [0.2, 0.25) is 11.8 Å². The first-order valence-corrected chi connectivity index (χ1v) is 10.0. The Morgan fingerprint density at radius 2 is 1.89 bits per heavy atom. The molecule has 0 saturated carbocycles. The maximum Gasteiger partial charge on any atom is 0.229 e. The van der Waals surface area contributed by atoms with Gasteiger partial charge in [-0.15, -0.1) is 0 Å². The molecule has 1 heterocycles. The minimum atomic E-state index is -0.141. The monoisotopic (exact) mass is 376 g/mol. The van der Waals surface area contributed by atoms with Crippen molar-refractivity contribution in [2.45, 2.75) is 73.8 Å². The Morgan fingerprint density at radius 1 is 1.26 bits per heavy atom.